The highest BCUT2D eigenvalue weighted by atomic mass is 32.2. The molecule has 0 radical (unpaired) electrons. The highest BCUT2D eigenvalue weighted by molar-refractivity contribution is 7.89. The van der Waals surface area contributed by atoms with E-state index in [1.165, 1.54) is 16.8 Å². The number of nitrogens with zero attached hydrogens (tertiary/aromatic N) is 2. The summed E-state index contributed by atoms with van der Waals surface area (Å²) in [6, 6.07) is 6.42. The van der Waals surface area contributed by atoms with Crippen molar-refractivity contribution < 1.29 is 13.2 Å². The molecule has 6 nitrogen and oxygen atoms in total. The normalized spacial score (nSPS) is 16.2. The summed E-state index contributed by atoms with van der Waals surface area (Å²) in [7, 11) is 1.61. The van der Waals surface area contributed by atoms with E-state index in [0.717, 1.165) is 25.7 Å². The lowest BCUT2D eigenvalue weighted by atomic mass is 9.96. The lowest BCUT2D eigenvalue weighted by Gasteiger charge is -2.30. The Morgan fingerprint density at radius 2 is 1.88 bits per heavy atom. The highest BCUT2D eigenvalue weighted by Crippen LogP contribution is 2.26. The molecule has 1 aromatic carbocycles. The molecule has 0 saturated heterocycles. The summed E-state index contributed by atoms with van der Waals surface area (Å²) in [5.74, 6) is -0.174. The van der Waals surface area contributed by atoms with E-state index in [-0.39, 0.29) is 16.8 Å². The van der Waals surface area contributed by atoms with Crippen LogP contribution in [0.5, 0.6) is 0 Å². The molecule has 1 amide bonds. The van der Waals surface area contributed by atoms with Crippen LogP contribution in [0.2, 0.25) is 0 Å². The fraction of sp³-hybridized carbons (Fsp3) is 0.611. The van der Waals surface area contributed by atoms with Crippen molar-refractivity contribution in [3.63, 3.8) is 0 Å². The average Bonchev–Trinajstić information content (AvgIpc) is 2.65. The van der Waals surface area contributed by atoms with Gasteiger partial charge < -0.3 is 10.2 Å². The molecular weight excluding hydrogens is 338 g/mol. The van der Waals surface area contributed by atoms with Gasteiger partial charge in [0.25, 0.3) is 5.91 Å². The first kappa shape index (κ1) is 19.9. The van der Waals surface area contributed by atoms with E-state index < -0.39 is 10.0 Å². The van der Waals surface area contributed by atoms with E-state index in [2.05, 4.69) is 5.32 Å². The largest absolute Gasteiger partial charge is 0.340 e. The number of hydrogen-bond donors (Lipinski definition) is 1. The van der Waals surface area contributed by atoms with Gasteiger partial charge in [0.05, 0.1) is 4.90 Å². The van der Waals surface area contributed by atoms with E-state index in [0.29, 0.717) is 18.7 Å². The zero-order valence-electron chi connectivity index (χ0n) is 15.4. The summed E-state index contributed by atoms with van der Waals surface area (Å²) >= 11 is 0. The molecule has 0 aromatic heterocycles. The minimum absolute atomic E-state index is 0.0522. The number of carbonyl (C=O) groups excluding carboxylic acids is 1. The van der Waals surface area contributed by atoms with Gasteiger partial charge in [0.1, 0.15) is 0 Å². The number of carbonyl (C=O) groups is 1. The van der Waals surface area contributed by atoms with Gasteiger partial charge in [-0.3, -0.25) is 4.79 Å². The molecule has 1 saturated carbocycles. The van der Waals surface area contributed by atoms with E-state index in [1.807, 2.05) is 7.05 Å². The minimum Gasteiger partial charge on any atom is -0.340 e. The van der Waals surface area contributed by atoms with Crippen LogP contribution in [0.3, 0.4) is 0 Å². The average molecular weight is 368 g/mol. The number of amides is 1. The van der Waals surface area contributed by atoms with Gasteiger partial charge in [-0.05, 0) is 38.1 Å². The molecule has 0 spiro atoms. The zero-order valence-corrected chi connectivity index (χ0v) is 16.2. The van der Waals surface area contributed by atoms with Crippen LogP contribution in [0.1, 0.15) is 42.5 Å². The van der Waals surface area contributed by atoms with Crippen molar-refractivity contribution in [3.8, 4) is 0 Å². The van der Waals surface area contributed by atoms with Gasteiger partial charge in [-0.1, -0.05) is 25.3 Å². The molecule has 1 aromatic rings. The van der Waals surface area contributed by atoms with Crippen LogP contribution >= 0.6 is 0 Å². The SMILES string of the molecule is CNCCN(C)C(=O)c1cccc(S(=O)(=O)N(C)C2CCCCC2)c1. The Morgan fingerprint density at radius 1 is 1.20 bits per heavy atom. The molecule has 0 aliphatic heterocycles. The molecule has 0 bridgehead atoms. The Balaban J connectivity index is 2.20. The highest BCUT2D eigenvalue weighted by Gasteiger charge is 2.29. The second-order valence-corrected chi connectivity index (χ2v) is 8.67. The summed E-state index contributed by atoms with van der Waals surface area (Å²) in [6.07, 6.45) is 5.12. The van der Waals surface area contributed by atoms with E-state index in [1.54, 1.807) is 37.2 Å². The molecule has 1 fully saturated rings. The number of nitrogens with one attached hydrogen (secondary N) is 1. The minimum atomic E-state index is -3.59. The van der Waals surface area contributed by atoms with Crippen molar-refractivity contribution in [1.82, 2.24) is 14.5 Å². The molecule has 1 aliphatic rings. The summed E-state index contributed by atoms with van der Waals surface area (Å²) in [5, 5.41) is 3.00. The van der Waals surface area contributed by atoms with E-state index >= 15 is 0 Å². The second-order valence-electron chi connectivity index (χ2n) is 6.67. The van der Waals surface area contributed by atoms with Gasteiger partial charge >= 0.3 is 0 Å². The van der Waals surface area contributed by atoms with Gasteiger partial charge in [-0.2, -0.15) is 4.31 Å². The Labute approximate surface area is 151 Å². The zero-order chi connectivity index (χ0) is 18.4. The summed E-state index contributed by atoms with van der Waals surface area (Å²) in [4.78, 5) is 14.3. The van der Waals surface area contributed by atoms with Crippen LogP contribution in [-0.4, -0.2) is 63.8 Å². The molecule has 1 N–H and O–H groups in total. The van der Waals surface area contributed by atoms with Crippen LogP contribution < -0.4 is 5.32 Å². The Kier molecular flexibility index (Phi) is 6.98. The van der Waals surface area contributed by atoms with Gasteiger partial charge in [-0.15, -0.1) is 0 Å². The van der Waals surface area contributed by atoms with Gasteiger partial charge in [0.2, 0.25) is 10.0 Å². The number of benzene rings is 1. The number of likely N-dealkylation sites (N-methyl/N-ethyl adjacent to an activating group) is 2. The third-order valence-corrected chi connectivity index (χ3v) is 6.80. The van der Waals surface area contributed by atoms with Crippen LogP contribution in [0.4, 0.5) is 0 Å². The molecule has 0 atom stereocenters. The van der Waals surface area contributed by atoms with Gasteiger partial charge in [0, 0.05) is 38.8 Å². The maximum absolute atomic E-state index is 12.9. The van der Waals surface area contributed by atoms with Crippen molar-refractivity contribution >= 4 is 15.9 Å². The lowest BCUT2D eigenvalue weighted by Crippen LogP contribution is -2.38. The van der Waals surface area contributed by atoms with Crippen molar-refractivity contribution in [1.29, 1.82) is 0 Å². The van der Waals surface area contributed by atoms with Crippen molar-refractivity contribution in [2.24, 2.45) is 0 Å². The van der Waals surface area contributed by atoms with Crippen LogP contribution in [0.25, 0.3) is 0 Å². The van der Waals surface area contributed by atoms with E-state index in [9.17, 15) is 13.2 Å². The fourth-order valence-electron chi connectivity index (χ4n) is 3.20. The Hall–Kier alpha value is -1.44. The van der Waals surface area contributed by atoms with E-state index in [4.69, 9.17) is 0 Å². The third-order valence-electron chi connectivity index (χ3n) is 4.89. The van der Waals surface area contributed by atoms with Crippen LogP contribution in [0.15, 0.2) is 29.2 Å². The first-order valence-electron chi connectivity index (χ1n) is 8.86. The molecule has 1 aliphatic carbocycles. The molecule has 25 heavy (non-hydrogen) atoms. The van der Waals surface area contributed by atoms with Crippen molar-refractivity contribution in [2.45, 2.75) is 43.0 Å². The lowest BCUT2D eigenvalue weighted by molar-refractivity contribution is 0.0796. The second kappa shape index (κ2) is 8.78. The fourth-order valence-corrected chi connectivity index (χ4v) is 4.66. The van der Waals surface area contributed by atoms with Crippen LogP contribution in [-0.2, 0) is 10.0 Å². The molecular formula is C18H29N3O3S. The summed E-state index contributed by atoms with van der Waals surface area (Å²) < 4.78 is 27.4. The first-order chi connectivity index (χ1) is 11.9. The maximum atomic E-state index is 12.9. The van der Waals surface area contributed by atoms with Gasteiger partial charge in [-0.25, -0.2) is 8.42 Å². The number of rotatable bonds is 7. The molecule has 2 rings (SSSR count). The third kappa shape index (κ3) is 4.80. The topological polar surface area (TPSA) is 69.7 Å². The maximum Gasteiger partial charge on any atom is 0.253 e. The standard InChI is InChI=1S/C18H29N3O3S/c1-19-12-13-20(2)18(22)15-8-7-11-17(14-15)25(23,24)21(3)16-9-5-4-6-10-16/h7-8,11,14,16,19H,4-6,9-10,12-13H2,1-3H3. The van der Waals surface area contributed by atoms with Crippen molar-refractivity contribution in [3.05, 3.63) is 29.8 Å². The van der Waals surface area contributed by atoms with Gasteiger partial charge in [0.15, 0.2) is 0 Å². The predicted octanol–water partition coefficient (Wildman–Crippen LogP) is 1.93. The monoisotopic (exact) mass is 367 g/mol. The summed E-state index contributed by atoms with van der Waals surface area (Å²) in [6.45, 7) is 1.25. The molecule has 0 unspecified atom stereocenters. The van der Waals surface area contributed by atoms with Crippen molar-refractivity contribution in [2.75, 3.05) is 34.2 Å². The molecule has 140 valence electrons. The quantitative estimate of drug-likeness (QED) is 0.799. The Bertz CT molecular complexity index is 685. The van der Waals surface area contributed by atoms with Crippen LogP contribution in [0, 0.1) is 0 Å². The first-order valence-corrected chi connectivity index (χ1v) is 10.3. The number of hydrogen-bond acceptors (Lipinski definition) is 4. The summed E-state index contributed by atoms with van der Waals surface area (Å²) in [5.41, 5.74) is 0.400. The molecule has 0 heterocycles. The molecule has 7 heteroatoms. The predicted molar refractivity (Wildman–Crippen MR) is 99.2 cm³/mol. The number of sulfonamides is 1. The Morgan fingerprint density at radius 3 is 2.52 bits per heavy atom. The smallest absolute Gasteiger partial charge is 0.253 e.